The number of fused-ring (bicyclic) bond motifs is 1. The highest BCUT2D eigenvalue weighted by Crippen LogP contribution is 2.44. The van der Waals surface area contributed by atoms with Gasteiger partial charge in [0.1, 0.15) is 28.2 Å². The van der Waals surface area contributed by atoms with E-state index in [1.165, 1.54) is 19.2 Å². The number of hydrogen-bond acceptors (Lipinski definition) is 8. The first kappa shape index (κ1) is 25.2. The molecule has 2 heterocycles. The number of carbonyl (C=O) groups excluding carboxylic acids is 1. The van der Waals surface area contributed by atoms with Crippen LogP contribution in [0.3, 0.4) is 0 Å². The van der Waals surface area contributed by atoms with Gasteiger partial charge >= 0.3 is 0 Å². The van der Waals surface area contributed by atoms with Crippen LogP contribution in [0.4, 0.5) is 0 Å². The molecule has 38 heavy (non-hydrogen) atoms. The molecule has 5 rings (SSSR count). The standard InChI is InChI=1S/C29H27NO8/c1-36-24-8-7-18(13-20(24)31)19(14-26(35)30-9-11-37-12-10-30)27-21(32)15-22(33)28-23(34)16-25(38-29(27)28)17-5-3-2-4-6-17/h2-8,13,15-16,19,31-33H,9-12,14H2,1H3/t19-/m0/s1. The van der Waals surface area contributed by atoms with E-state index in [0.717, 1.165) is 6.07 Å². The first-order valence-corrected chi connectivity index (χ1v) is 12.2. The predicted molar refractivity (Wildman–Crippen MR) is 140 cm³/mol. The average molecular weight is 518 g/mol. The molecule has 1 amide bonds. The monoisotopic (exact) mass is 517 g/mol. The number of aromatic hydroxyl groups is 3. The van der Waals surface area contributed by atoms with E-state index in [1.807, 2.05) is 6.07 Å². The van der Waals surface area contributed by atoms with Crippen molar-refractivity contribution in [1.82, 2.24) is 4.90 Å². The SMILES string of the molecule is COc1ccc([C@H](CC(=O)N2CCOCC2)c2c(O)cc(O)c3c(=O)cc(-c4ccccc4)oc23)cc1O. The van der Waals surface area contributed by atoms with E-state index in [-0.39, 0.29) is 51.9 Å². The Labute approximate surface area is 218 Å². The zero-order chi connectivity index (χ0) is 26.8. The van der Waals surface area contributed by atoms with Gasteiger partial charge in [-0.2, -0.15) is 0 Å². The molecule has 1 aliphatic heterocycles. The molecule has 0 aliphatic carbocycles. The van der Waals surface area contributed by atoms with Crippen molar-refractivity contribution >= 4 is 16.9 Å². The predicted octanol–water partition coefficient (Wildman–Crippen LogP) is 3.97. The minimum atomic E-state index is -0.834. The van der Waals surface area contributed by atoms with Gasteiger partial charge in [-0.05, 0) is 17.7 Å². The lowest BCUT2D eigenvalue weighted by Gasteiger charge is -2.29. The van der Waals surface area contributed by atoms with Crippen molar-refractivity contribution in [3.05, 3.63) is 82.0 Å². The summed E-state index contributed by atoms with van der Waals surface area (Å²) >= 11 is 0. The Morgan fingerprint density at radius 3 is 2.39 bits per heavy atom. The molecule has 0 spiro atoms. The second-order valence-corrected chi connectivity index (χ2v) is 9.05. The largest absolute Gasteiger partial charge is 0.507 e. The van der Waals surface area contributed by atoms with Crippen molar-refractivity contribution in [1.29, 1.82) is 0 Å². The van der Waals surface area contributed by atoms with E-state index in [4.69, 9.17) is 13.9 Å². The zero-order valence-electron chi connectivity index (χ0n) is 20.7. The highest BCUT2D eigenvalue weighted by atomic mass is 16.5. The number of phenols is 3. The van der Waals surface area contributed by atoms with Crippen LogP contribution in [0, 0.1) is 0 Å². The van der Waals surface area contributed by atoms with Crippen LogP contribution in [-0.4, -0.2) is 59.5 Å². The fourth-order valence-electron chi connectivity index (χ4n) is 4.83. The molecule has 0 unspecified atom stereocenters. The second kappa shape index (κ2) is 10.5. The van der Waals surface area contributed by atoms with Crippen molar-refractivity contribution in [2.24, 2.45) is 0 Å². The maximum absolute atomic E-state index is 13.4. The van der Waals surface area contributed by atoms with Crippen molar-refractivity contribution in [3.63, 3.8) is 0 Å². The van der Waals surface area contributed by atoms with Gasteiger partial charge in [-0.1, -0.05) is 36.4 Å². The molecule has 9 heteroatoms. The minimum Gasteiger partial charge on any atom is -0.507 e. The summed E-state index contributed by atoms with van der Waals surface area (Å²) in [7, 11) is 1.42. The Morgan fingerprint density at radius 2 is 1.71 bits per heavy atom. The summed E-state index contributed by atoms with van der Waals surface area (Å²) in [5.74, 6) is -1.49. The molecule has 0 radical (unpaired) electrons. The Bertz CT molecular complexity index is 1540. The van der Waals surface area contributed by atoms with Gasteiger partial charge in [0.15, 0.2) is 16.9 Å². The third-order valence-corrected chi connectivity index (χ3v) is 6.75. The molecule has 1 aromatic heterocycles. The molecule has 9 nitrogen and oxygen atoms in total. The van der Waals surface area contributed by atoms with Gasteiger partial charge in [-0.15, -0.1) is 0 Å². The summed E-state index contributed by atoms with van der Waals surface area (Å²) in [6.07, 6.45) is -0.0987. The number of phenolic OH excluding ortho intramolecular Hbond substituents is 3. The molecule has 0 saturated carbocycles. The molecule has 196 valence electrons. The van der Waals surface area contributed by atoms with Crippen LogP contribution in [0.25, 0.3) is 22.3 Å². The van der Waals surface area contributed by atoms with Crippen LogP contribution >= 0.6 is 0 Å². The normalized spacial score (nSPS) is 14.4. The number of carbonyl (C=O) groups is 1. The molecule has 1 saturated heterocycles. The first-order valence-electron chi connectivity index (χ1n) is 12.2. The van der Waals surface area contributed by atoms with Gasteiger partial charge in [0.25, 0.3) is 0 Å². The van der Waals surface area contributed by atoms with Crippen LogP contribution in [0.1, 0.15) is 23.5 Å². The van der Waals surface area contributed by atoms with E-state index in [2.05, 4.69) is 0 Å². The molecular formula is C29H27NO8. The van der Waals surface area contributed by atoms with E-state index in [1.54, 1.807) is 41.3 Å². The lowest BCUT2D eigenvalue weighted by Crippen LogP contribution is -2.41. The smallest absolute Gasteiger partial charge is 0.223 e. The average Bonchev–Trinajstić information content (AvgIpc) is 2.92. The molecule has 1 fully saturated rings. The third kappa shape index (κ3) is 4.76. The Balaban J connectivity index is 1.73. The molecule has 1 atom stereocenters. The summed E-state index contributed by atoms with van der Waals surface area (Å²) in [5, 5.41) is 32.1. The van der Waals surface area contributed by atoms with Crippen LogP contribution in [-0.2, 0) is 9.53 Å². The van der Waals surface area contributed by atoms with Crippen molar-refractivity contribution in [2.45, 2.75) is 12.3 Å². The molecule has 1 aliphatic rings. The third-order valence-electron chi connectivity index (χ3n) is 6.75. The first-order chi connectivity index (χ1) is 18.4. The van der Waals surface area contributed by atoms with Crippen LogP contribution < -0.4 is 10.2 Å². The number of methoxy groups -OCH3 is 1. The van der Waals surface area contributed by atoms with E-state index in [9.17, 15) is 24.9 Å². The lowest BCUT2D eigenvalue weighted by atomic mass is 9.85. The molecule has 3 N–H and O–H groups in total. The van der Waals surface area contributed by atoms with Gasteiger partial charge in [0.05, 0.1) is 20.3 Å². The number of morpholine rings is 1. The lowest BCUT2D eigenvalue weighted by molar-refractivity contribution is -0.135. The summed E-state index contributed by atoms with van der Waals surface area (Å²) in [4.78, 5) is 28.2. The summed E-state index contributed by atoms with van der Waals surface area (Å²) < 4.78 is 16.7. The van der Waals surface area contributed by atoms with Gasteiger partial charge in [-0.3, -0.25) is 9.59 Å². The topological polar surface area (TPSA) is 130 Å². The van der Waals surface area contributed by atoms with Gasteiger partial charge in [0.2, 0.25) is 5.91 Å². The van der Waals surface area contributed by atoms with Gasteiger partial charge in [-0.25, -0.2) is 0 Å². The number of nitrogens with zero attached hydrogens (tertiary/aromatic N) is 1. The quantitative estimate of drug-likeness (QED) is 0.350. The number of amides is 1. The summed E-state index contributed by atoms with van der Waals surface area (Å²) in [5.41, 5.74) is 0.728. The second-order valence-electron chi connectivity index (χ2n) is 9.05. The van der Waals surface area contributed by atoms with E-state index >= 15 is 0 Å². The van der Waals surface area contributed by atoms with Crippen LogP contribution in [0.5, 0.6) is 23.0 Å². The maximum atomic E-state index is 13.4. The van der Waals surface area contributed by atoms with Crippen molar-refractivity contribution < 1.29 is 34.0 Å². The summed E-state index contributed by atoms with van der Waals surface area (Å²) in [6, 6.07) is 16.0. The van der Waals surface area contributed by atoms with Crippen LogP contribution in [0.15, 0.2) is 69.9 Å². The zero-order valence-corrected chi connectivity index (χ0v) is 20.7. The summed E-state index contributed by atoms with van der Waals surface area (Å²) in [6.45, 7) is 1.69. The number of ether oxygens (including phenoxy) is 2. The molecule has 4 aromatic rings. The molecular weight excluding hydrogens is 490 g/mol. The number of benzene rings is 3. The number of rotatable bonds is 6. The molecule has 3 aromatic carbocycles. The highest BCUT2D eigenvalue weighted by molar-refractivity contribution is 5.91. The van der Waals surface area contributed by atoms with Crippen molar-refractivity contribution in [3.8, 4) is 34.3 Å². The maximum Gasteiger partial charge on any atom is 0.223 e. The number of hydrogen-bond donors (Lipinski definition) is 3. The Morgan fingerprint density at radius 1 is 0.974 bits per heavy atom. The van der Waals surface area contributed by atoms with Gasteiger partial charge < -0.3 is 34.1 Å². The molecule has 0 bridgehead atoms. The minimum absolute atomic E-state index is 0.0380. The van der Waals surface area contributed by atoms with E-state index < -0.39 is 17.1 Å². The Kier molecular flexibility index (Phi) is 6.93. The fraction of sp³-hybridized carbons (Fsp3) is 0.241. The Hall–Kier alpha value is -4.50. The van der Waals surface area contributed by atoms with Crippen LogP contribution in [0.2, 0.25) is 0 Å². The van der Waals surface area contributed by atoms with Crippen molar-refractivity contribution in [2.75, 3.05) is 33.4 Å². The van der Waals surface area contributed by atoms with Gasteiger partial charge in [0, 0.05) is 48.7 Å². The van der Waals surface area contributed by atoms with E-state index in [0.29, 0.717) is 37.4 Å². The highest BCUT2D eigenvalue weighted by Gasteiger charge is 2.30. The fourth-order valence-corrected chi connectivity index (χ4v) is 4.83.